The highest BCUT2D eigenvalue weighted by molar-refractivity contribution is 7.26. The third-order valence-electron chi connectivity index (χ3n) is 14.3. The van der Waals surface area contributed by atoms with Gasteiger partial charge in [-0.1, -0.05) is 166 Å². The lowest BCUT2D eigenvalue weighted by Crippen LogP contribution is -2.28. The first-order valence-electron chi connectivity index (χ1n) is 21.3. The van der Waals surface area contributed by atoms with E-state index < -0.39 is 5.41 Å². The lowest BCUT2D eigenvalue weighted by atomic mass is 9.70. The van der Waals surface area contributed by atoms with Gasteiger partial charge in [-0.15, -0.1) is 11.3 Å². The topological polar surface area (TPSA) is 16.4 Å². The number of fused-ring (bicyclic) bond motifs is 20. The van der Waals surface area contributed by atoms with E-state index in [9.17, 15) is 0 Å². The minimum Gasteiger partial charge on any atom is -0.454 e. The summed E-state index contributed by atoms with van der Waals surface area (Å²) < 4.78 is 9.62. The van der Waals surface area contributed by atoms with Crippen LogP contribution in [0.5, 0.6) is 0 Å². The van der Waals surface area contributed by atoms with Crippen molar-refractivity contribution in [1.82, 2.24) is 0 Å². The van der Waals surface area contributed by atoms with Crippen LogP contribution in [0.3, 0.4) is 0 Å². The fourth-order valence-corrected chi connectivity index (χ4v) is 13.0. The van der Waals surface area contributed by atoms with Crippen molar-refractivity contribution in [2.45, 2.75) is 24.7 Å². The first kappa shape index (κ1) is 33.6. The number of benzene rings is 9. The number of furan rings is 1. The van der Waals surface area contributed by atoms with Crippen LogP contribution in [0.15, 0.2) is 192 Å². The molecule has 0 radical (unpaired) electrons. The van der Waals surface area contributed by atoms with E-state index in [0.29, 0.717) is 0 Å². The Hall–Kier alpha value is -7.20. The van der Waals surface area contributed by atoms with Crippen molar-refractivity contribution in [1.29, 1.82) is 0 Å². The molecule has 1 unspecified atom stereocenters. The van der Waals surface area contributed by atoms with Crippen LogP contribution in [-0.2, 0) is 10.8 Å². The van der Waals surface area contributed by atoms with Crippen LogP contribution >= 0.6 is 11.3 Å². The van der Waals surface area contributed by atoms with E-state index in [4.69, 9.17) is 4.42 Å². The molecule has 0 saturated carbocycles. The largest absolute Gasteiger partial charge is 0.454 e. The van der Waals surface area contributed by atoms with Gasteiger partial charge in [-0.3, -0.25) is 0 Å². The summed E-state index contributed by atoms with van der Waals surface area (Å²) in [6.45, 7) is 4.75. The van der Waals surface area contributed by atoms with Gasteiger partial charge < -0.3 is 9.32 Å². The Morgan fingerprint density at radius 2 is 1.07 bits per heavy atom. The van der Waals surface area contributed by atoms with E-state index in [1.54, 1.807) is 0 Å². The molecule has 2 nitrogen and oxygen atoms in total. The monoisotopic (exact) mass is 795 g/mol. The molecule has 0 bridgehead atoms. The summed E-state index contributed by atoms with van der Waals surface area (Å²) in [6.07, 6.45) is 0. The third kappa shape index (κ3) is 4.12. The van der Waals surface area contributed by atoms with Crippen LogP contribution < -0.4 is 4.90 Å². The summed E-state index contributed by atoms with van der Waals surface area (Å²) in [5.41, 5.74) is 20.2. The lowest BCUT2D eigenvalue weighted by Gasteiger charge is -2.36. The second-order valence-electron chi connectivity index (χ2n) is 17.5. The molecule has 286 valence electrons. The third-order valence-corrected chi connectivity index (χ3v) is 15.5. The summed E-state index contributed by atoms with van der Waals surface area (Å²) in [7, 11) is 0. The second-order valence-corrected chi connectivity index (χ2v) is 18.5. The zero-order valence-electron chi connectivity index (χ0n) is 33.7. The molecular formula is C58H37NOS. The van der Waals surface area contributed by atoms with Crippen molar-refractivity contribution in [2.24, 2.45) is 0 Å². The molecule has 0 N–H and O–H groups in total. The van der Waals surface area contributed by atoms with Crippen LogP contribution in [0.2, 0.25) is 0 Å². The number of para-hydroxylation sites is 2. The number of hydrogen-bond donors (Lipinski definition) is 0. The summed E-state index contributed by atoms with van der Waals surface area (Å²) >= 11 is 1.93. The summed E-state index contributed by atoms with van der Waals surface area (Å²) in [5, 5.41) is 4.88. The predicted octanol–water partition coefficient (Wildman–Crippen LogP) is 16.1. The first-order valence-corrected chi connectivity index (χ1v) is 22.1. The molecule has 0 amide bonds. The van der Waals surface area contributed by atoms with Gasteiger partial charge in [0.25, 0.3) is 0 Å². The van der Waals surface area contributed by atoms with Crippen molar-refractivity contribution in [2.75, 3.05) is 4.90 Å². The number of nitrogens with zero attached hydrogens (tertiary/aromatic N) is 1. The summed E-state index contributed by atoms with van der Waals surface area (Å²) in [5.74, 6) is 0. The quantitative estimate of drug-likeness (QED) is 0.177. The first-order chi connectivity index (χ1) is 30.0. The highest BCUT2D eigenvalue weighted by Crippen LogP contribution is 2.67. The normalized spacial score (nSPS) is 16.2. The molecule has 0 saturated heterocycles. The maximum Gasteiger partial charge on any atom is 0.159 e. The minimum absolute atomic E-state index is 0.173. The summed E-state index contributed by atoms with van der Waals surface area (Å²) in [4.78, 5) is 2.52. The van der Waals surface area contributed by atoms with Gasteiger partial charge in [-0.05, 0) is 92.0 Å². The Kier molecular flexibility index (Phi) is 6.48. The number of hydrogen-bond acceptors (Lipinski definition) is 3. The van der Waals surface area contributed by atoms with Crippen molar-refractivity contribution in [3.63, 3.8) is 0 Å². The van der Waals surface area contributed by atoms with Crippen LogP contribution in [0.25, 0.3) is 75.5 Å². The van der Waals surface area contributed by atoms with Crippen LogP contribution in [0.4, 0.5) is 17.1 Å². The minimum atomic E-state index is -0.578. The van der Waals surface area contributed by atoms with Crippen molar-refractivity contribution < 1.29 is 4.42 Å². The molecule has 2 aromatic heterocycles. The van der Waals surface area contributed by atoms with E-state index in [2.05, 4.69) is 207 Å². The fraction of sp³-hybridized carbons (Fsp3) is 0.0690. The van der Waals surface area contributed by atoms with Crippen LogP contribution in [0, 0.1) is 0 Å². The van der Waals surface area contributed by atoms with E-state index >= 15 is 0 Å². The van der Waals surface area contributed by atoms with Crippen molar-refractivity contribution in [3.8, 4) is 33.4 Å². The Labute approximate surface area is 357 Å². The van der Waals surface area contributed by atoms with Gasteiger partial charge in [-0.25, -0.2) is 0 Å². The number of rotatable bonds is 3. The zero-order chi connectivity index (χ0) is 40.2. The molecule has 0 aliphatic heterocycles. The highest BCUT2D eigenvalue weighted by Gasteiger charge is 2.54. The SMILES string of the molecule is CC1(C)c2ccccc2-c2ccc(N(c3cccc4c3C3(c5ccccc5-4)c4ccccc4-c4c3ccc3c4sc4ccccc43)c3cccc4c3oc3ccccc34)cc21. The average Bonchev–Trinajstić information content (AvgIpc) is 4.08. The zero-order valence-corrected chi connectivity index (χ0v) is 34.5. The summed E-state index contributed by atoms with van der Waals surface area (Å²) in [6, 6.07) is 70.3. The van der Waals surface area contributed by atoms with Crippen LogP contribution in [-0.4, -0.2) is 0 Å². The van der Waals surface area contributed by atoms with Crippen LogP contribution in [0.1, 0.15) is 47.2 Å². The van der Waals surface area contributed by atoms with Gasteiger partial charge in [-0.2, -0.15) is 0 Å². The number of thiophene rings is 1. The van der Waals surface area contributed by atoms with Crippen molar-refractivity contribution >= 4 is 70.5 Å². The Morgan fingerprint density at radius 1 is 0.443 bits per heavy atom. The smallest absolute Gasteiger partial charge is 0.159 e. The lowest BCUT2D eigenvalue weighted by molar-refractivity contribution is 0.660. The van der Waals surface area contributed by atoms with E-state index in [-0.39, 0.29) is 5.41 Å². The predicted molar refractivity (Wildman–Crippen MR) is 255 cm³/mol. The van der Waals surface area contributed by atoms with Gasteiger partial charge in [0.1, 0.15) is 5.58 Å². The molecule has 9 aromatic carbocycles. The fourth-order valence-electron chi connectivity index (χ4n) is 11.8. The van der Waals surface area contributed by atoms with E-state index in [1.807, 2.05) is 11.3 Å². The van der Waals surface area contributed by atoms with Gasteiger partial charge >= 0.3 is 0 Å². The molecule has 2 heterocycles. The maximum atomic E-state index is 6.94. The molecule has 3 heteroatoms. The Morgan fingerprint density at radius 3 is 1.92 bits per heavy atom. The van der Waals surface area contributed by atoms with E-state index in [1.165, 1.54) is 86.9 Å². The Balaban J connectivity index is 1.12. The molecule has 3 aliphatic carbocycles. The highest BCUT2D eigenvalue weighted by atomic mass is 32.1. The average molecular weight is 796 g/mol. The number of anilines is 3. The molecule has 1 atom stereocenters. The molecular weight excluding hydrogens is 759 g/mol. The van der Waals surface area contributed by atoms with Crippen molar-refractivity contribution in [3.05, 3.63) is 221 Å². The molecule has 11 aromatic rings. The molecule has 1 spiro atoms. The second kappa shape index (κ2) is 11.8. The van der Waals surface area contributed by atoms with E-state index in [0.717, 1.165) is 39.0 Å². The van der Waals surface area contributed by atoms with Gasteiger partial charge in [0.2, 0.25) is 0 Å². The molecule has 14 rings (SSSR count). The maximum absolute atomic E-state index is 6.94. The Bertz CT molecular complexity index is 3710. The standard InChI is InChI=1S/C58H37NOS/c1-57(2)44-22-8-3-15-35(44)37-30-29-34(33-48(37)57)59(50-26-14-21-41-38-17-6-11-27-51(38)60-55(41)50)49-25-13-20-40-36-16-4-9-23-45(36)58(54(40)49)46-24-10-5-19-43(46)53-47(58)32-31-42-39-18-7-12-28-52(39)61-56(42)53/h3-33H,1-2H3. The molecule has 3 aliphatic rings. The van der Waals surface area contributed by atoms with Gasteiger partial charge in [0.15, 0.2) is 5.58 Å². The van der Waals surface area contributed by atoms with Gasteiger partial charge in [0, 0.05) is 53.2 Å². The molecule has 0 fully saturated rings. The van der Waals surface area contributed by atoms with Gasteiger partial charge in [0.05, 0.1) is 16.8 Å². The molecule has 61 heavy (non-hydrogen) atoms.